The fourth-order valence-corrected chi connectivity index (χ4v) is 12.1. The number of urea groups is 2. The first-order chi connectivity index (χ1) is 40.1. The van der Waals surface area contributed by atoms with Gasteiger partial charge in [-0.25, -0.2) is 28.3 Å². The van der Waals surface area contributed by atoms with Crippen molar-refractivity contribution in [3.05, 3.63) is 154 Å². The highest BCUT2D eigenvalue weighted by molar-refractivity contribution is 5.80. The van der Waals surface area contributed by atoms with Crippen LogP contribution in [0.25, 0.3) is 45.2 Å². The molecule has 4 N–H and O–H groups in total. The van der Waals surface area contributed by atoms with Crippen molar-refractivity contribution in [1.82, 2.24) is 69.6 Å². The van der Waals surface area contributed by atoms with Gasteiger partial charge in [-0.3, -0.25) is 9.97 Å². The zero-order valence-corrected chi connectivity index (χ0v) is 45.6. The summed E-state index contributed by atoms with van der Waals surface area (Å²) in [5.41, 5.74) is 14.9. The first-order valence-electron chi connectivity index (χ1n) is 28.2. The molecule has 20 nitrogen and oxygen atoms in total. The van der Waals surface area contributed by atoms with Gasteiger partial charge < -0.3 is 40.5 Å². The number of hydrogen-bond acceptors (Lipinski definition) is 14. The van der Waals surface area contributed by atoms with E-state index >= 15 is 0 Å². The van der Waals surface area contributed by atoms with Crippen LogP contribution < -0.4 is 21.3 Å². The second kappa shape index (κ2) is 22.6. The molecule has 0 bridgehead atoms. The first-order valence-corrected chi connectivity index (χ1v) is 28.2. The van der Waals surface area contributed by atoms with Crippen molar-refractivity contribution in [1.29, 1.82) is 0 Å². The standard InChI is InChI=1S/2C30H31FN8O2/c2*1-18(34-30(40)38-8-10-41-11-9-38)26-17-33-39-28(26)36-27(21-13-22(31)16-32-15-21)37-29(39)35-23-7-6-20-12-19-4-2-3-5-24(19)25(20)14-23/h2*2-5,13,15-18,23H,6-12,14H2,1H3,(H,34,40)(H,35,36,37)/t18-,23+;18-,23-/m01/s1. The van der Waals surface area contributed by atoms with E-state index < -0.39 is 11.6 Å². The van der Waals surface area contributed by atoms with Crippen molar-refractivity contribution >= 4 is 46.4 Å². The van der Waals surface area contributed by atoms with E-state index in [0.717, 1.165) is 74.9 Å². The van der Waals surface area contributed by atoms with Crippen LogP contribution in [0.2, 0.25) is 0 Å². The van der Waals surface area contributed by atoms with Crippen molar-refractivity contribution in [2.75, 3.05) is 63.2 Å². The van der Waals surface area contributed by atoms with Crippen LogP contribution >= 0.6 is 0 Å². The van der Waals surface area contributed by atoms with E-state index in [2.05, 4.69) is 90.0 Å². The fraction of sp³-hybridized carbons (Fsp3) is 0.367. The minimum absolute atomic E-state index is 0.141. The maximum atomic E-state index is 14.1. The van der Waals surface area contributed by atoms with E-state index in [1.165, 1.54) is 56.7 Å². The second-order valence-electron chi connectivity index (χ2n) is 21.7. The van der Waals surface area contributed by atoms with E-state index in [1.807, 2.05) is 13.8 Å². The van der Waals surface area contributed by atoms with Crippen LogP contribution in [0.4, 0.5) is 30.3 Å². The summed E-state index contributed by atoms with van der Waals surface area (Å²) in [4.78, 5) is 56.4. The van der Waals surface area contributed by atoms with Crippen LogP contribution in [0.1, 0.15) is 97.8 Å². The van der Waals surface area contributed by atoms with Crippen molar-refractivity contribution in [3.8, 4) is 22.8 Å². The number of pyridine rings is 2. The molecule has 420 valence electrons. The Labute approximate surface area is 471 Å². The van der Waals surface area contributed by atoms with Gasteiger partial charge in [0.15, 0.2) is 22.9 Å². The number of anilines is 2. The zero-order chi connectivity index (χ0) is 55.8. The molecule has 4 aliphatic carbocycles. The molecule has 8 aromatic rings. The molecule has 14 rings (SSSR count). The van der Waals surface area contributed by atoms with Gasteiger partial charge in [-0.1, -0.05) is 59.7 Å². The predicted octanol–water partition coefficient (Wildman–Crippen LogP) is 8.81. The van der Waals surface area contributed by atoms with Crippen LogP contribution in [0, 0.1) is 11.6 Å². The van der Waals surface area contributed by atoms with Crippen LogP contribution in [0.3, 0.4) is 0 Å². The van der Waals surface area contributed by atoms with Crippen molar-refractivity contribution in [2.24, 2.45) is 0 Å². The van der Waals surface area contributed by atoms with E-state index in [-0.39, 0.29) is 36.2 Å². The van der Waals surface area contributed by atoms with Gasteiger partial charge in [0.25, 0.3) is 0 Å². The normalized spacial score (nSPS) is 19.2. The number of hydrogen-bond donors (Lipinski definition) is 4. The predicted molar refractivity (Wildman–Crippen MR) is 303 cm³/mol. The number of amides is 4. The van der Waals surface area contributed by atoms with Gasteiger partial charge in [0.1, 0.15) is 11.6 Å². The molecule has 6 aliphatic rings. The molecule has 0 saturated carbocycles. The van der Waals surface area contributed by atoms with Gasteiger partial charge in [0.05, 0.1) is 63.3 Å². The third-order valence-electron chi connectivity index (χ3n) is 16.4. The number of morpholine rings is 2. The molecule has 2 aromatic carbocycles. The average molecular weight is 1110 g/mol. The third-order valence-corrected chi connectivity index (χ3v) is 16.4. The summed E-state index contributed by atoms with van der Waals surface area (Å²) in [6.45, 7) is 8.09. The molecule has 4 amide bonds. The Morgan fingerprint density at radius 1 is 0.573 bits per heavy atom. The van der Waals surface area contributed by atoms with Gasteiger partial charge in [-0.2, -0.15) is 29.2 Å². The largest absolute Gasteiger partial charge is 0.378 e. The van der Waals surface area contributed by atoms with E-state index in [4.69, 9.17) is 29.4 Å². The minimum atomic E-state index is -0.466. The number of halogens is 2. The summed E-state index contributed by atoms with van der Waals surface area (Å²) < 4.78 is 42.4. The van der Waals surface area contributed by atoms with E-state index in [1.54, 1.807) is 43.6 Å². The summed E-state index contributed by atoms with van der Waals surface area (Å²) in [5, 5.41) is 22.6. The number of carbonyl (C=O) groups is 2. The van der Waals surface area contributed by atoms with Crippen LogP contribution in [0.5, 0.6) is 0 Å². The summed E-state index contributed by atoms with van der Waals surface area (Å²) >= 11 is 0. The van der Waals surface area contributed by atoms with Crippen molar-refractivity contribution in [2.45, 2.75) is 89.4 Å². The SMILES string of the molecule is C[C@@H](NC(=O)N1CCOCC1)c1cnn2c(N[C@@H]3CCC4=C(C3)c3ccccc3C4)nc(-c3cncc(F)c3)nc12.C[C@H](NC(=O)N1CCOCC1)c1cnn2c(N[C@@H]3CCC4=C(C3)c3ccccc3C4)nc(-c3cncc(F)c3)nc12. The lowest BCUT2D eigenvalue weighted by Gasteiger charge is -2.28. The Balaban J connectivity index is 0.000000154. The Hall–Kier alpha value is -8.76. The Kier molecular flexibility index (Phi) is 14.5. The highest BCUT2D eigenvalue weighted by Crippen LogP contribution is 2.44. The van der Waals surface area contributed by atoms with Crippen molar-refractivity contribution < 1.29 is 27.8 Å². The maximum Gasteiger partial charge on any atom is 0.318 e. The van der Waals surface area contributed by atoms with Gasteiger partial charge in [0, 0.05) is 72.9 Å². The molecule has 2 aliphatic heterocycles. The Morgan fingerprint density at radius 2 is 1.00 bits per heavy atom. The topological polar surface area (TPSA) is 219 Å². The molecule has 4 atom stereocenters. The summed E-state index contributed by atoms with van der Waals surface area (Å²) in [5.74, 6) is 0.781. The van der Waals surface area contributed by atoms with Gasteiger partial charge in [0.2, 0.25) is 11.9 Å². The molecule has 2 saturated heterocycles. The monoisotopic (exact) mass is 1110 g/mol. The highest BCUT2D eigenvalue weighted by atomic mass is 19.1. The van der Waals surface area contributed by atoms with Crippen LogP contribution in [-0.2, 0) is 22.3 Å². The van der Waals surface area contributed by atoms with Crippen LogP contribution in [0.15, 0.2) is 109 Å². The molecule has 22 heteroatoms. The van der Waals surface area contributed by atoms with Gasteiger partial charge in [-0.15, -0.1) is 0 Å². The zero-order valence-electron chi connectivity index (χ0n) is 45.6. The second-order valence-corrected chi connectivity index (χ2v) is 21.7. The highest BCUT2D eigenvalue weighted by Gasteiger charge is 2.32. The first kappa shape index (κ1) is 52.6. The quantitative estimate of drug-likeness (QED) is 0.101. The molecule has 0 unspecified atom stereocenters. The molecular weight excluding hydrogens is 1050 g/mol. The lowest BCUT2D eigenvalue weighted by atomic mass is 9.88. The third kappa shape index (κ3) is 10.7. The van der Waals surface area contributed by atoms with Gasteiger partial charge >= 0.3 is 12.1 Å². The van der Waals surface area contributed by atoms with E-state index in [0.29, 0.717) is 98.6 Å². The summed E-state index contributed by atoms with van der Waals surface area (Å²) in [7, 11) is 0. The number of allylic oxidation sites excluding steroid dienone is 2. The van der Waals surface area contributed by atoms with Crippen molar-refractivity contribution in [3.63, 3.8) is 0 Å². The number of carbonyl (C=O) groups excluding carboxylic acids is 2. The number of aromatic nitrogens is 10. The molecule has 82 heavy (non-hydrogen) atoms. The number of ether oxygens (including phenoxy) is 2. The molecule has 6 aromatic heterocycles. The molecule has 0 spiro atoms. The maximum absolute atomic E-state index is 14.1. The molecule has 0 radical (unpaired) electrons. The lowest BCUT2D eigenvalue weighted by Crippen LogP contribution is -2.46. The Bertz CT molecular complexity index is 3570. The lowest BCUT2D eigenvalue weighted by molar-refractivity contribution is 0.0526. The van der Waals surface area contributed by atoms with Gasteiger partial charge in [-0.05, 0) is 111 Å². The molecule has 2 fully saturated rings. The number of fused-ring (bicyclic) bond motifs is 6. The molecule has 8 heterocycles. The Morgan fingerprint density at radius 3 is 1.43 bits per heavy atom. The number of nitrogens with one attached hydrogen (secondary N) is 4. The summed E-state index contributed by atoms with van der Waals surface area (Å²) in [6, 6.07) is 19.2. The number of benzene rings is 2. The molecular formula is C60H62F2N16O4. The fourth-order valence-electron chi connectivity index (χ4n) is 12.1. The van der Waals surface area contributed by atoms with E-state index in [9.17, 15) is 18.4 Å². The number of nitrogens with zero attached hydrogens (tertiary/aromatic N) is 12. The number of rotatable bonds is 10. The minimum Gasteiger partial charge on any atom is -0.378 e. The summed E-state index contributed by atoms with van der Waals surface area (Å²) in [6.07, 6.45) is 16.6. The van der Waals surface area contributed by atoms with Crippen LogP contribution in [-0.4, -0.2) is 136 Å². The average Bonchev–Trinajstić information content (AvgIpc) is 3.95. The smallest absolute Gasteiger partial charge is 0.318 e.